The number of allylic oxidation sites excluding steroid dienone is 4. The number of phenolic OH excluding ortho intramolecular Hbond substituents is 1. The van der Waals surface area contributed by atoms with E-state index in [1.807, 2.05) is 83.3 Å². The third-order valence-electron chi connectivity index (χ3n) is 6.27. The predicted octanol–water partition coefficient (Wildman–Crippen LogP) is 7.04. The molecule has 0 bridgehead atoms. The summed E-state index contributed by atoms with van der Waals surface area (Å²) >= 11 is 9.04. The van der Waals surface area contributed by atoms with Gasteiger partial charge in [0, 0.05) is 16.3 Å². The topological polar surface area (TPSA) is 99.1 Å². The first-order valence-corrected chi connectivity index (χ1v) is 15.5. The maximum Gasteiger partial charge on any atom is 0.285 e. The number of carbonyl (C=O) groups is 3. The summed E-state index contributed by atoms with van der Waals surface area (Å²) in [7, 11) is 0. The van der Waals surface area contributed by atoms with Crippen molar-refractivity contribution < 1.29 is 19.5 Å². The van der Waals surface area contributed by atoms with Gasteiger partial charge in [-0.05, 0) is 64.9 Å². The zero-order valence-corrected chi connectivity index (χ0v) is 26.8. The molecule has 1 aliphatic rings. The molecule has 1 aliphatic heterocycles. The normalized spacial score (nSPS) is 14.9. The van der Waals surface area contributed by atoms with Gasteiger partial charge in [-0.1, -0.05) is 109 Å². The number of aromatic hydroxyl groups is 1. The number of carbonyl (C=O) groups excluding carboxylic acids is 3. The molecule has 2 N–H and O–H groups in total. The predicted molar refractivity (Wildman–Crippen MR) is 182 cm³/mol. The van der Waals surface area contributed by atoms with Crippen molar-refractivity contribution in [3.63, 3.8) is 0 Å². The number of hydrogen-bond donors (Lipinski definition) is 2. The molecular weight excluding hydrogens is 697 g/mol. The molecule has 0 fully saturated rings. The van der Waals surface area contributed by atoms with Crippen LogP contribution in [0.25, 0.3) is 6.08 Å². The lowest BCUT2D eigenvalue weighted by molar-refractivity contribution is -0.126. The molecule has 0 unspecified atom stereocenters. The summed E-state index contributed by atoms with van der Waals surface area (Å²) in [6.45, 7) is 5.42. The lowest BCUT2D eigenvalue weighted by Crippen LogP contribution is -2.42. The van der Waals surface area contributed by atoms with Gasteiger partial charge in [0.25, 0.3) is 11.8 Å². The Labute approximate surface area is 272 Å². The number of amidine groups is 1. The van der Waals surface area contributed by atoms with Crippen LogP contribution in [0.5, 0.6) is 5.75 Å². The summed E-state index contributed by atoms with van der Waals surface area (Å²) in [5.41, 5.74) is 2.19. The number of phenols is 1. The quantitative estimate of drug-likeness (QED) is 0.107. The van der Waals surface area contributed by atoms with Crippen LogP contribution in [0.2, 0.25) is 5.02 Å². The van der Waals surface area contributed by atoms with Crippen molar-refractivity contribution in [1.82, 2.24) is 10.2 Å². The molecule has 3 aromatic rings. The molecule has 0 atom stereocenters. The van der Waals surface area contributed by atoms with Gasteiger partial charge < -0.3 is 10.4 Å². The fourth-order valence-electron chi connectivity index (χ4n) is 4.24. The molecule has 0 aliphatic carbocycles. The van der Waals surface area contributed by atoms with Crippen molar-refractivity contribution in [3.05, 3.63) is 140 Å². The number of benzene rings is 3. The van der Waals surface area contributed by atoms with Gasteiger partial charge in [-0.2, -0.15) is 4.99 Å². The molecule has 3 amide bonds. The average molecular weight is 724 g/mol. The number of thioether (sulfide) groups is 1. The van der Waals surface area contributed by atoms with E-state index in [1.54, 1.807) is 37.3 Å². The third kappa shape index (κ3) is 7.92. The highest BCUT2D eigenvalue weighted by molar-refractivity contribution is 14.1. The van der Waals surface area contributed by atoms with Gasteiger partial charge in [0.05, 0.1) is 15.4 Å². The molecule has 0 saturated heterocycles. The van der Waals surface area contributed by atoms with Gasteiger partial charge in [-0.25, -0.2) is 0 Å². The van der Waals surface area contributed by atoms with E-state index in [2.05, 4.69) is 16.9 Å². The molecule has 43 heavy (non-hydrogen) atoms. The molecule has 0 radical (unpaired) electrons. The van der Waals surface area contributed by atoms with E-state index < -0.39 is 17.9 Å². The molecule has 3 aromatic carbocycles. The molecule has 0 spiro atoms. The molecule has 4 rings (SSSR count). The molecule has 0 aromatic heterocycles. The van der Waals surface area contributed by atoms with Crippen LogP contribution in [0.15, 0.2) is 120 Å². The van der Waals surface area contributed by atoms with Crippen LogP contribution >= 0.6 is 46.0 Å². The molecule has 10 heteroatoms. The minimum atomic E-state index is -0.798. The van der Waals surface area contributed by atoms with E-state index in [0.717, 1.165) is 22.9 Å². The molecule has 218 valence electrons. The van der Waals surface area contributed by atoms with Crippen LogP contribution in [0.1, 0.15) is 29.7 Å². The van der Waals surface area contributed by atoms with Gasteiger partial charge in [0.1, 0.15) is 11.3 Å². The Kier molecular flexibility index (Phi) is 11.2. The fraction of sp³-hybridized carbons (Fsp3) is 0.0909. The Morgan fingerprint density at radius 1 is 1.12 bits per heavy atom. The summed E-state index contributed by atoms with van der Waals surface area (Å²) < 4.78 is 0.461. The van der Waals surface area contributed by atoms with Crippen LogP contribution in [0, 0.1) is 3.57 Å². The van der Waals surface area contributed by atoms with Crippen LogP contribution in [-0.2, 0) is 14.4 Å². The van der Waals surface area contributed by atoms with Crippen molar-refractivity contribution in [2.45, 2.75) is 13.0 Å². The highest BCUT2D eigenvalue weighted by Gasteiger charge is 2.35. The van der Waals surface area contributed by atoms with Crippen molar-refractivity contribution in [1.29, 1.82) is 0 Å². The minimum absolute atomic E-state index is 0.0463. The van der Waals surface area contributed by atoms with Crippen molar-refractivity contribution in [2.75, 3.05) is 5.75 Å². The van der Waals surface area contributed by atoms with E-state index in [-0.39, 0.29) is 33.7 Å². The average Bonchev–Trinajstić information content (AvgIpc) is 3.01. The number of nitrogens with zero attached hydrogens (tertiary/aromatic N) is 2. The fourth-order valence-corrected chi connectivity index (χ4v) is 6.11. The number of halogens is 2. The second kappa shape index (κ2) is 15.0. The number of aliphatic imine (C=N–C) groups is 1. The minimum Gasteiger partial charge on any atom is -0.506 e. The van der Waals surface area contributed by atoms with Crippen LogP contribution in [0.4, 0.5) is 0 Å². The molecule has 7 nitrogen and oxygen atoms in total. The Morgan fingerprint density at radius 3 is 2.33 bits per heavy atom. The highest BCUT2D eigenvalue weighted by atomic mass is 127. The Morgan fingerprint density at radius 2 is 1.74 bits per heavy atom. The van der Waals surface area contributed by atoms with Crippen molar-refractivity contribution >= 4 is 74.9 Å². The largest absolute Gasteiger partial charge is 0.506 e. The third-order valence-corrected chi connectivity index (χ3v) is 8.25. The van der Waals surface area contributed by atoms with E-state index >= 15 is 0 Å². The summed E-state index contributed by atoms with van der Waals surface area (Å²) in [6.07, 6.45) is 7.80. The first kappa shape index (κ1) is 32.0. The zero-order valence-electron chi connectivity index (χ0n) is 23.0. The standard InChI is InChI=1S/C33H27ClIN3O4S/c1-3-5-16-25(4-2)38-32(42)26(18-23-17-24(34)19-27(35)30(23)40)31(41)37-33(38)43-20-28(39)36-29(21-12-8-6-9-13-21)22-14-10-7-11-15-22/h3-19,29,40H,1,20H2,2H3,(H,36,39)/b16-5-,25-4+,26-18+. The Bertz CT molecular complexity index is 1630. The highest BCUT2D eigenvalue weighted by Crippen LogP contribution is 2.32. The summed E-state index contributed by atoms with van der Waals surface area (Å²) in [4.78, 5) is 45.7. The SMILES string of the molecule is C=C/C=C\C(=C/C)N1C(=O)/C(=C/c2cc(Cl)cc(I)c2O)C(=O)N=C1SCC(=O)NC(c1ccccc1)c1ccccc1. The van der Waals surface area contributed by atoms with Crippen LogP contribution in [-0.4, -0.2) is 38.6 Å². The maximum absolute atomic E-state index is 13.8. The van der Waals surface area contributed by atoms with Gasteiger partial charge in [0.2, 0.25) is 5.91 Å². The number of nitrogens with one attached hydrogen (secondary N) is 1. The number of amides is 3. The van der Waals surface area contributed by atoms with Gasteiger partial charge in [-0.3, -0.25) is 19.3 Å². The Hall–Kier alpha value is -3.93. The van der Waals surface area contributed by atoms with Gasteiger partial charge >= 0.3 is 0 Å². The maximum atomic E-state index is 13.8. The molecular formula is C33H27ClIN3O4S. The van der Waals surface area contributed by atoms with Crippen molar-refractivity contribution in [3.8, 4) is 5.75 Å². The van der Waals surface area contributed by atoms with E-state index in [4.69, 9.17) is 11.6 Å². The summed E-state index contributed by atoms with van der Waals surface area (Å²) in [6, 6.07) is 21.8. The Balaban J connectivity index is 1.64. The lowest BCUT2D eigenvalue weighted by atomic mass is 9.99. The van der Waals surface area contributed by atoms with E-state index in [0.29, 0.717) is 14.3 Å². The monoisotopic (exact) mass is 723 g/mol. The summed E-state index contributed by atoms with van der Waals surface area (Å²) in [5, 5.41) is 14.0. The van der Waals surface area contributed by atoms with Crippen LogP contribution < -0.4 is 5.32 Å². The van der Waals surface area contributed by atoms with Gasteiger partial charge in [0.15, 0.2) is 5.17 Å². The smallest absolute Gasteiger partial charge is 0.285 e. The second-order valence-corrected chi connectivity index (χ2v) is 11.7. The lowest BCUT2D eigenvalue weighted by Gasteiger charge is -2.28. The molecule has 1 heterocycles. The van der Waals surface area contributed by atoms with Gasteiger partial charge in [-0.15, -0.1) is 0 Å². The van der Waals surface area contributed by atoms with E-state index in [9.17, 15) is 19.5 Å². The van der Waals surface area contributed by atoms with E-state index in [1.165, 1.54) is 17.0 Å². The van der Waals surface area contributed by atoms with Crippen LogP contribution in [0.3, 0.4) is 0 Å². The summed E-state index contributed by atoms with van der Waals surface area (Å²) in [5.74, 6) is -2.00. The zero-order chi connectivity index (χ0) is 30.9. The number of rotatable bonds is 9. The molecule has 0 saturated carbocycles. The van der Waals surface area contributed by atoms with Crippen molar-refractivity contribution in [2.24, 2.45) is 4.99 Å². The first-order chi connectivity index (χ1) is 20.7. The number of hydrogen-bond acceptors (Lipinski definition) is 5. The first-order valence-electron chi connectivity index (χ1n) is 13.1. The second-order valence-electron chi connectivity index (χ2n) is 9.14.